The van der Waals surface area contributed by atoms with Crippen molar-refractivity contribution in [1.29, 1.82) is 0 Å². The molecule has 1 aliphatic carbocycles. The molecule has 18 heavy (non-hydrogen) atoms. The third kappa shape index (κ3) is 2.81. The maximum atomic E-state index is 12.2. The van der Waals surface area contributed by atoms with E-state index in [9.17, 15) is 8.42 Å². The van der Waals surface area contributed by atoms with E-state index in [1.54, 1.807) is 6.07 Å². The first kappa shape index (κ1) is 14.5. The van der Waals surface area contributed by atoms with Crippen molar-refractivity contribution in [2.24, 2.45) is 5.41 Å². The van der Waals surface area contributed by atoms with Gasteiger partial charge in [-0.1, -0.05) is 13.3 Å². The lowest BCUT2D eigenvalue weighted by molar-refractivity contribution is 0.133. The van der Waals surface area contributed by atoms with Crippen molar-refractivity contribution in [3.8, 4) is 0 Å². The molecule has 1 N–H and O–H groups in total. The molecule has 3 nitrogen and oxygen atoms in total. The molecule has 1 heterocycles. The largest absolute Gasteiger partial charge is 0.250 e. The molecule has 0 spiro atoms. The highest BCUT2D eigenvalue weighted by atomic mass is 79.9. The van der Waals surface area contributed by atoms with Crippen LogP contribution in [0.15, 0.2) is 14.1 Å². The first-order valence-corrected chi connectivity index (χ1v) is 9.23. The van der Waals surface area contributed by atoms with Gasteiger partial charge in [-0.05, 0) is 59.2 Å². The van der Waals surface area contributed by atoms with Crippen LogP contribution in [0.5, 0.6) is 0 Å². The average Bonchev–Trinajstić information content (AvgIpc) is 2.59. The second-order valence-electron chi connectivity index (χ2n) is 5.05. The molecule has 102 valence electrons. The average molecular weight is 352 g/mol. The molecule has 1 fully saturated rings. The van der Waals surface area contributed by atoms with E-state index < -0.39 is 10.0 Å². The standard InChI is InChI=1S/C12H18BrNO2S2/c1-3-12(5-4-6-12)8-14-18(15,16)10-7-9(2)11(13)17-10/h7,14H,3-6,8H2,1-2H3. The van der Waals surface area contributed by atoms with E-state index in [4.69, 9.17) is 0 Å². The quantitative estimate of drug-likeness (QED) is 0.879. The van der Waals surface area contributed by atoms with Gasteiger partial charge in [0.15, 0.2) is 0 Å². The van der Waals surface area contributed by atoms with E-state index in [-0.39, 0.29) is 5.41 Å². The predicted molar refractivity (Wildman–Crippen MR) is 78.5 cm³/mol. The summed E-state index contributed by atoms with van der Waals surface area (Å²) >= 11 is 4.64. The van der Waals surface area contributed by atoms with Gasteiger partial charge in [0.2, 0.25) is 10.0 Å². The highest BCUT2D eigenvalue weighted by Crippen LogP contribution is 2.43. The Morgan fingerprint density at radius 2 is 2.17 bits per heavy atom. The second kappa shape index (κ2) is 5.23. The molecule has 6 heteroatoms. The van der Waals surface area contributed by atoms with Crippen LogP contribution in [0.3, 0.4) is 0 Å². The van der Waals surface area contributed by atoms with Gasteiger partial charge in [-0.15, -0.1) is 11.3 Å². The summed E-state index contributed by atoms with van der Waals surface area (Å²) in [5, 5.41) is 0. The second-order valence-corrected chi connectivity index (χ2v) is 9.42. The van der Waals surface area contributed by atoms with Crippen LogP contribution in [0.4, 0.5) is 0 Å². The lowest BCUT2D eigenvalue weighted by Gasteiger charge is -2.41. The predicted octanol–water partition coefficient (Wildman–Crippen LogP) is 3.68. The Balaban J connectivity index is 2.08. The van der Waals surface area contributed by atoms with Gasteiger partial charge >= 0.3 is 0 Å². The molecule has 0 aliphatic heterocycles. The van der Waals surface area contributed by atoms with E-state index in [0.717, 1.165) is 28.6 Å². The first-order chi connectivity index (χ1) is 8.38. The van der Waals surface area contributed by atoms with Gasteiger partial charge in [-0.2, -0.15) is 0 Å². The molecule has 0 unspecified atom stereocenters. The molecule has 1 aromatic heterocycles. The van der Waals surface area contributed by atoms with Gasteiger partial charge in [0.25, 0.3) is 0 Å². The van der Waals surface area contributed by atoms with E-state index in [2.05, 4.69) is 27.6 Å². The van der Waals surface area contributed by atoms with Crippen molar-refractivity contribution < 1.29 is 8.42 Å². The molecule has 1 aromatic rings. The normalized spacial score (nSPS) is 18.6. The number of hydrogen-bond donors (Lipinski definition) is 1. The van der Waals surface area contributed by atoms with Crippen LogP contribution in [-0.2, 0) is 10.0 Å². The minimum Gasteiger partial charge on any atom is -0.210 e. The molecule has 2 rings (SSSR count). The monoisotopic (exact) mass is 351 g/mol. The highest BCUT2D eigenvalue weighted by Gasteiger charge is 2.36. The van der Waals surface area contributed by atoms with Crippen molar-refractivity contribution in [3.05, 3.63) is 15.4 Å². The molecule has 0 amide bonds. The van der Waals surface area contributed by atoms with Crippen LogP contribution in [0.2, 0.25) is 0 Å². The SMILES string of the molecule is CCC1(CNS(=O)(=O)c2cc(C)c(Br)s2)CCC1. The molecule has 0 radical (unpaired) electrons. The van der Waals surface area contributed by atoms with Crippen LogP contribution in [0.25, 0.3) is 0 Å². The Labute approximate surface area is 121 Å². The van der Waals surface area contributed by atoms with Gasteiger partial charge in [-0.3, -0.25) is 0 Å². The Hall–Kier alpha value is 0.0900. The smallest absolute Gasteiger partial charge is 0.210 e. The Morgan fingerprint density at radius 1 is 1.50 bits per heavy atom. The van der Waals surface area contributed by atoms with Crippen molar-refractivity contribution in [2.75, 3.05) is 6.54 Å². The van der Waals surface area contributed by atoms with Gasteiger partial charge in [0.1, 0.15) is 4.21 Å². The number of nitrogens with one attached hydrogen (secondary N) is 1. The molecular weight excluding hydrogens is 334 g/mol. The van der Waals surface area contributed by atoms with Crippen LogP contribution in [0.1, 0.15) is 38.2 Å². The van der Waals surface area contributed by atoms with Crippen LogP contribution < -0.4 is 4.72 Å². The van der Waals surface area contributed by atoms with Gasteiger partial charge < -0.3 is 0 Å². The summed E-state index contributed by atoms with van der Waals surface area (Å²) < 4.78 is 28.4. The summed E-state index contributed by atoms with van der Waals surface area (Å²) in [6.07, 6.45) is 4.54. The molecule has 0 bridgehead atoms. The maximum absolute atomic E-state index is 12.2. The lowest BCUT2D eigenvalue weighted by atomic mass is 9.67. The Kier molecular flexibility index (Phi) is 4.21. The number of sulfonamides is 1. The molecule has 1 aliphatic rings. The van der Waals surface area contributed by atoms with Gasteiger partial charge in [0, 0.05) is 6.54 Å². The number of thiophene rings is 1. The van der Waals surface area contributed by atoms with E-state index in [1.807, 2.05) is 6.92 Å². The molecule has 0 saturated heterocycles. The third-order valence-electron chi connectivity index (χ3n) is 3.90. The summed E-state index contributed by atoms with van der Waals surface area (Å²) in [5.41, 5.74) is 1.17. The summed E-state index contributed by atoms with van der Waals surface area (Å²) in [6, 6.07) is 1.72. The minimum absolute atomic E-state index is 0.205. The summed E-state index contributed by atoms with van der Waals surface area (Å²) in [4.78, 5) is 0. The zero-order valence-corrected chi connectivity index (χ0v) is 13.8. The molecule has 0 aromatic carbocycles. The molecular formula is C12H18BrNO2S2. The Morgan fingerprint density at radius 3 is 2.56 bits per heavy atom. The summed E-state index contributed by atoms with van der Waals surface area (Å²) in [6.45, 7) is 4.61. The number of halogens is 1. The number of aryl methyl sites for hydroxylation is 1. The first-order valence-electron chi connectivity index (χ1n) is 6.14. The highest BCUT2D eigenvalue weighted by molar-refractivity contribution is 9.11. The van der Waals surface area contributed by atoms with Crippen molar-refractivity contribution in [3.63, 3.8) is 0 Å². The zero-order chi connectivity index (χ0) is 13.4. The van der Waals surface area contributed by atoms with Crippen LogP contribution >= 0.6 is 27.3 Å². The fourth-order valence-electron chi connectivity index (χ4n) is 2.22. The van der Waals surface area contributed by atoms with Crippen molar-refractivity contribution in [1.82, 2.24) is 4.72 Å². The Bertz CT molecular complexity index is 507. The third-order valence-corrected chi connectivity index (χ3v) is 7.91. The lowest BCUT2D eigenvalue weighted by Crippen LogP contribution is -2.41. The number of rotatable bonds is 5. The van der Waals surface area contributed by atoms with E-state index in [1.165, 1.54) is 17.8 Å². The van der Waals surface area contributed by atoms with Crippen molar-refractivity contribution >= 4 is 37.3 Å². The van der Waals surface area contributed by atoms with Crippen LogP contribution in [0, 0.1) is 12.3 Å². The fourth-order valence-corrected chi connectivity index (χ4v) is 5.64. The maximum Gasteiger partial charge on any atom is 0.250 e. The van der Waals surface area contributed by atoms with Gasteiger partial charge in [0.05, 0.1) is 3.79 Å². The minimum atomic E-state index is -3.34. The van der Waals surface area contributed by atoms with E-state index in [0.29, 0.717) is 10.8 Å². The number of hydrogen-bond acceptors (Lipinski definition) is 3. The zero-order valence-electron chi connectivity index (χ0n) is 10.6. The summed E-state index contributed by atoms with van der Waals surface area (Å²) in [7, 11) is -3.34. The van der Waals surface area contributed by atoms with Gasteiger partial charge in [-0.25, -0.2) is 13.1 Å². The van der Waals surface area contributed by atoms with Crippen molar-refractivity contribution in [2.45, 2.75) is 43.7 Å². The fraction of sp³-hybridized carbons (Fsp3) is 0.667. The van der Waals surface area contributed by atoms with Crippen LogP contribution in [-0.4, -0.2) is 15.0 Å². The topological polar surface area (TPSA) is 46.2 Å². The summed E-state index contributed by atoms with van der Waals surface area (Å²) in [5.74, 6) is 0. The van der Waals surface area contributed by atoms with E-state index >= 15 is 0 Å². The molecule has 0 atom stereocenters. The molecule has 1 saturated carbocycles.